The van der Waals surface area contributed by atoms with Gasteiger partial charge in [0.1, 0.15) is 11.5 Å². The van der Waals surface area contributed by atoms with Gasteiger partial charge in [-0.3, -0.25) is 4.79 Å². The molecule has 0 aromatic heterocycles. The van der Waals surface area contributed by atoms with Crippen LogP contribution in [-0.2, 0) is 0 Å². The van der Waals surface area contributed by atoms with Crippen LogP contribution in [0.25, 0.3) is 0 Å². The van der Waals surface area contributed by atoms with Crippen LogP contribution in [-0.4, -0.2) is 32.1 Å². The summed E-state index contributed by atoms with van der Waals surface area (Å²) in [6.45, 7) is 0. The number of ether oxygens (including phenoxy) is 2. The minimum absolute atomic E-state index is 0.183. The van der Waals surface area contributed by atoms with E-state index in [2.05, 4.69) is 5.32 Å². The first-order valence-electron chi connectivity index (χ1n) is 6.86. The van der Waals surface area contributed by atoms with Gasteiger partial charge in [0.15, 0.2) is 0 Å². The standard InChI is InChI=1S/C15H19F2NO3/c1-20-11-3-4-12(13(9-11)21-2)14(19)18-10-5-7-15(16,17)8-6-10/h3-4,9-10H,5-8H2,1-2H3,(H,18,19). The van der Waals surface area contributed by atoms with Gasteiger partial charge < -0.3 is 14.8 Å². The first-order valence-corrected chi connectivity index (χ1v) is 6.86. The number of carbonyl (C=O) groups excluding carboxylic acids is 1. The Hall–Kier alpha value is -1.85. The van der Waals surface area contributed by atoms with Gasteiger partial charge in [-0.2, -0.15) is 0 Å². The Morgan fingerprint density at radius 3 is 2.48 bits per heavy atom. The van der Waals surface area contributed by atoms with Crippen molar-refractivity contribution in [3.8, 4) is 11.5 Å². The number of halogens is 2. The second kappa shape index (κ2) is 6.28. The normalized spacial score (nSPS) is 18.1. The average molecular weight is 299 g/mol. The number of carbonyl (C=O) groups is 1. The summed E-state index contributed by atoms with van der Waals surface area (Å²) in [5.74, 6) is -1.93. The van der Waals surface area contributed by atoms with Gasteiger partial charge in [-0.15, -0.1) is 0 Å². The highest BCUT2D eigenvalue weighted by Crippen LogP contribution is 2.33. The lowest BCUT2D eigenvalue weighted by Crippen LogP contribution is -2.40. The molecule has 6 heteroatoms. The van der Waals surface area contributed by atoms with E-state index in [1.54, 1.807) is 18.2 Å². The van der Waals surface area contributed by atoms with E-state index in [1.807, 2.05) is 0 Å². The third-order valence-corrected chi connectivity index (χ3v) is 3.71. The molecule has 21 heavy (non-hydrogen) atoms. The summed E-state index contributed by atoms with van der Waals surface area (Å²) < 4.78 is 36.4. The molecule has 0 spiro atoms. The minimum atomic E-state index is -2.60. The number of hydrogen-bond acceptors (Lipinski definition) is 3. The van der Waals surface area contributed by atoms with Gasteiger partial charge in [-0.05, 0) is 25.0 Å². The molecule has 1 N–H and O–H groups in total. The molecule has 1 aliphatic carbocycles. The maximum absolute atomic E-state index is 13.1. The Morgan fingerprint density at radius 1 is 1.24 bits per heavy atom. The van der Waals surface area contributed by atoms with Gasteiger partial charge in [0.2, 0.25) is 5.92 Å². The summed E-state index contributed by atoms with van der Waals surface area (Å²) in [6, 6.07) is 4.66. The third kappa shape index (κ3) is 3.83. The maximum Gasteiger partial charge on any atom is 0.255 e. The van der Waals surface area contributed by atoms with Crippen LogP contribution < -0.4 is 14.8 Å². The molecule has 0 saturated heterocycles. The van der Waals surface area contributed by atoms with Crippen molar-refractivity contribution in [3.63, 3.8) is 0 Å². The Bertz CT molecular complexity index is 510. The van der Waals surface area contributed by atoms with Gasteiger partial charge in [-0.25, -0.2) is 8.78 Å². The molecule has 0 atom stereocenters. The number of hydrogen-bond donors (Lipinski definition) is 1. The fourth-order valence-corrected chi connectivity index (χ4v) is 2.43. The highest BCUT2D eigenvalue weighted by Gasteiger charge is 2.35. The maximum atomic E-state index is 13.1. The molecule has 0 unspecified atom stereocenters. The topological polar surface area (TPSA) is 47.6 Å². The first-order chi connectivity index (χ1) is 9.95. The van der Waals surface area contributed by atoms with Crippen molar-refractivity contribution >= 4 is 5.91 Å². The SMILES string of the molecule is COc1ccc(C(=O)NC2CCC(F)(F)CC2)c(OC)c1. The summed E-state index contributed by atoms with van der Waals surface area (Å²) in [5, 5.41) is 2.79. The van der Waals surface area contributed by atoms with Crippen LogP contribution in [0.3, 0.4) is 0 Å². The molecule has 2 rings (SSSR count). The zero-order chi connectivity index (χ0) is 15.5. The Kier molecular flexibility index (Phi) is 4.65. The molecule has 1 aromatic carbocycles. The number of alkyl halides is 2. The van der Waals surface area contributed by atoms with Gasteiger partial charge in [-0.1, -0.05) is 0 Å². The van der Waals surface area contributed by atoms with Gasteiger partial charge in [0.25, 0.3) is 5.91 Å². The quantitative estimate of drug-likeness (QED) is 0.929. The Morgan fingerprint density at radius 2 is 1.90 bits per heavy atom. The Balaban J connectivity index is 2.04. The number of rotatable bonds is 4. The zero-order valence-corrected chi connectivity index (χ0v) is 12.1. The highest BCUT2D eigenvalue weighted by atomic mass is 19.3. The molecule has 0 aliphatic heterocycles. The fraction of sp³-hybridized carbons (Fsp3) is 0.533. The van der Waals surface area contributed by atoms with Crippen LogP contribution in [0.4, 0.5) is 8.78 Å². The molecular weight excluding hydrogens is 280 g/mol. The van der Waals surface area contributed by atoms with Crippen molar-refractivity contribution in [1.82, 2.24) is 5.32 Å². The van der Waals surface area contributed by atoms with Crippen molar-refractivity contribution in [1.29, 1.82) is 0 Å². The molecule has 116 valence electrons. The van der Waals surface area contributed by atoms with Crippen LogP contribution in [0.5, 0.6) is 11.5 Å². The molecule has 1 amide bonds. The molecule has 1 saturated carbocycles. The summed E-state index contributed by atoms with van der Waals surface area (Å²) in [6.07, 6.45) is 0.212. The van der Waals surface area contributed by atoms with E-state index in [0.717, 1.165) is 0 Å². The smallest absolute Gasteiger partial charge is 0.255 e. The predicted molar refractivity (Wildman–Crippen MR) is 74.2 cm³/mol. The third-order valence-electron chi connectivity index (χ3n) is 3.71. The van der Waals surface area contributed by atoms with Gasteiger partial charge >= 0.3 is 0 Å². The van der Waals surface area contributed by atoms with Crippen LogP contribution in [0, 0.1) is 0 Å². The van der Waals surface area contributed by atoms with E-state index in [9.17, 15) is 13.6 Å². The molecule has 1 aliphatic rings. The van der Waals surface area contributed by atoms with Crippen molar-refractivity contribution in [3.05, 3.63) is 23.8 Å². The number of amides is 1. The molecule has 0 bridgehead atoms. The molecule has 0 radical (unpaired) electrons. The second-order valence-corrected chi connectivity index (χ2v) is 5.17. The average Bonchev–Trinajstić information content (AvgIpc) is 2.48. The lowest BCUT2D eigenvalue weighted by atomic mass is 9.92. The number of nitrogens with one attached hydrogen (secondary N) is 1. The van der Waals surface area contributed by atoms with E-state index in [4.69, 9.17) is 9.47 Å². The predicted octanol–water partition coefficient (Wildman–Crippen LogP) is 3.01. The summed E-state index contributed by atoms with van der Waals surface area (Å²) in [4.78, 5) is 12.2. The fourth-order valence-electron chi connectivity index (χ4n) is 2.43. The minimum Gasteiger partial charge on any atom is -0.497 e. The molecule has 1 fully saturated rings. The van der Waals surface area contributed by atoms with Crippen molar-refractivity contribution in [2.75, 3.05) is 14.2 Å². The van der Waals surface area contributed by atoms with E-state index in [0.29, 0.717) is 17.1 Å². The largest absolute Gasteiger partial charge is 0.497 e. The van der Waals surface area contributed by atoms with E-state index in [-0.39, 0.29) is 37.6 Å². The number of methoxy groups -OCH3 is 2. The highest BCUT2D eigenvalue weighted by molar-refractivity contribution is 5.97. The summed E-state index contributed by atoms with van der Waals surface area (Å²) in [5.41, 5.74) is 0.371. The lowest BCUT2D eigenvalue weighted by Gasteiger charge is -2.28. The summed E-state index contributed by atoms with van der Waals surface area (Å²) in [7, 11) is 2.99. The molecule has 1 aromatic rings. The molecular formula is C15H19F2NO3. The first kappa shape index (κ1) is 15.5. The molecule has 4 nitrogen and oxygen atoms in total. The number of benzene rings is 1. The van der Waals surface area contributed by atoms with Crippen LogP contribution in [0.1, 0.15) is 36.0 Å². The van der Waals surface area contributed by atoms with Crippen molar-refractivity contribution in [2.24, 2.45) is 0 Å². The van der Waals surface area contributed by atoms with E-state index >= 15 is 0 Å². The Labute approximate surface area is 122 Å². The van der Waals surface area contributed by atoms with Crippen LogP contribution in [0.15, 0.2) is 18.2 Å². The van der Waals surface area contributed by atoms with E-state index in [1.165, 1.54) is 14.2 Å². The van der Waals surface area contributed by atoms with E-state index < -0.39 is 5.92 Å². The van der Waals surface area contributed by atoms with Crippen LogP contribution >= 0.6 is 0 Å². The molecule has 0 heterocycles. The van der Waals surface area contributed by atoms with Gasteiger partial charge in [0.05, 0.1) is 19.8 Å². The summed E-state index contributed by atoms with van der Waals surface area (Å²) >= 11 is 0. The zero-order valence-electron chi connectivity index (χ0n) is 12.1. The van der Waals surface area contributed by atoms with Gasteiger partial charge in [0, 0.05) is 24.9 Å². The second-order valence-electron chi connectivity index (χ2n) is 5.17. The lowest BCUT2D eigenvalue weighted by molar-refractivity contribution is -0.0399. The van der Waals surface area contributed by atoms with Crippen molar-refractivity contribution < 1.29 is 23.0 Å². The van der Waals surface area contributed by atoms with Crippen molar-refractivity contribution in [2.45, 2.75) is 37.6 Å². The monoisotopic (exact) mass is 299 g/mol. The van der Waals surface area contributed by atoms with Crippen LogP contribution in [0.2, 0.25) is 0 Å².